The molecule has 4 unspecified atom stereocenters. The summed E-state index contributed by atoms with van der Waals surface area (Å²) in [6.45, 7) is 10.9. The van der Waals surface area contributed by atoms with Crippen LogP contribution in [-0.2, 0) is 0 Å². The summed E-state index contributed by atoms with van der Waals surface area (Å²) in [5.41, 5.74) is 1.08. The molecule has 2 rings (SSSR count). The second-order valence-corrected chi connectivity index (χ2v) is 8.08. The highest BCUT2D eigenvalue weighted by Crippen LogP contribution is 2.62. The van der Waals surface area contributed by atoms with Crippen molar-refractivity contribution in [1.82, 2.24) is 5.32 Å². The minimum atomic E-state index is 0.505. The summed E-state index contributed by atoms with van der Waals surface area (Å²) < 4.78 is 0. The zero-order valence-electron chi connectivity index (χ0n) is 11.5. The Kier molecular flexibility index (Phi) is 3.35. The molecule has 2 heteroatoms. The zero-order chi connectivity index (χ0) is 12.0. The molecule has 2 saturated carbocycles. The van der Waals surface area contributed by atoms with Gasteiger partial charge in [0.15, 0.2) is 0 Å². The minimum absolute atomic E-state index is 0.505. The van der Waals surface area contributed by atoms with Crippen LogP contribution in [0.2, 0.25) is 0 Å². The number of hydrogen-bond donors (Lipinski definition) is 1. The van der Waals surface area contributed by atoms with E-state index in [0.717, 1.165) is 23.8 Å². The van der Waals surface area contributed by atoms with Crippen LogP contribution in [0.5, 0.6) is 0 Å². The molecule has 2 bridgehead atoms. The van der Waals surface area contributed by atoms with Crippen molar-refractivity contribution in [3.8, 4) is 0 Å². The Labute approximate surface area is 105 Å². The maximum atomic E-state index is 3.87. The number of rotatable bonds is 4. The number of hydrogen-bond acceptors (Lipinski definition) is 2. The SMILES string of the molecule is CSC(C)CNC1C2(C)CCC(C2)C1(C)C. The molecular weight excluding hydrogens is 214 g/mol. The van der Waals surface area contributed by atoms with E-state index in [1.54, 1.807) is 0 Å². The molecule has 1 N–H and O–H groups in total. The third-order valence-corrected chi connectivity index (χ3v) is 6.25. The van der Waals surface area contributed by atoms with Gasteiger partial charge in [-0.2, -0.15) is 11.8 Å². The molecule has 1 nitrogen and oxygen atoms in total. The molecule has 0 radical (unpaired) electrons. The fourth-order valence-corrected chi connectivity index (χ4v) is 4.44. The van der Waals surface area contributed by atoms with Crippen LogP contribution in [0, 0.1) is 16.7 Å². The first-order valence-corrected chi connectivity index (χ1v) is 7.95. The average molecular weight is 241 g/mol. The van der Waals surface area contributed by atoms with Gasteiger partial charge in [0.05, 0.1) is 0 Å². The lowest BCUT2D eigenvalue weighted by molar-refractivity contribution is 0.110. The second-order valence-electron chi connectivity index (χ2n) is 6.80. The van der Waals surface area contributed by atoms with E-state index in [1.165, 1.54) is 19.3 Å². The first kappa shape index (κ1) is 12.8. The Hall–Kier alpha value is 0.310. The summed E-state index contributed by atoms with van der Waals surface area (Å²) in [6.07, 6.45) is 6.55. The van der Waals surface area contributed by atoms with Crippen LogP contribution in [-0.4, -0.2) is 24.1 Å². The Morgan fingerprint density at radius 3 is 2.56 bits per heavy atom. The van der Waals surface area contributed by atoms with Gasteiger partial charge >= 0.3 is 0 Å². The van der Waals surface area contributed by atoms with Gasteiger partial charge in [0.2, 0.25) is 0 Å². The van der Waals surface area contributed by atoms with E-state index in [0.29, 0.717) is 10.8 Å². The smallest absolute Gasteiger partial charge is 0.0175 e. The van der Waals surface area contributed by atoms with Gasteiger partial charge in [-0.05, 0) is 42.3 Å². The van der Waals surface area contributed by atoms with Crippen LogP contribution in [0.3, 0.4) is 0 Å². The van der Waals surface area contributed by atoms with Gasteiger partial charge in [0, 0.05) is 17.8 Å². The van der Waals surface area contributed by atoms with Crippen LogP contribution in [0.4, 0.5) is 0 Å². The van der Waals surface area contributed by atoms with E-state index in [9.17, 15) is 0 Å². The average Bonchev–Trinajstić information content (AvgIpc) is 2.68. The Bertz CT molecular complexity index is 259. The summed E-state index contributed by atoms with van der Waals surface area (Å²) in [7, 11) is 0. The zero-order valence-corrected chi connectivity index (χ0v) is 12.3. The van der Waals surface area contributed by atoms with Crippen molar-refractivity contribution in [2.45, 2.75) is 58.2 Å². The molecule has 2 aliphatic rings. The largest absolute Gasteiger partial charge is 0.312 e. The molecule has 0 aromatic rings. The highest BCUT2D eigenvalue weighted by Gasteiger charge is 2.58. The molecule has 2 fully saturated rings. The fraction of sp³-hybridized carbons (Fsp3) is 1.00. The van der Waals surface area contributed by atoms with Crippen LogP contribution in [0.25, 0.3) is 0 Å². The monoisotopic (exact) mass is 241 g/mol. The topological polar surface area (TPSA) is 12.0 Å². The van der Waals surface area contributed by atoms with Crippen molar-refractivity contribution >= 4 is 11.8 Å². The predicted molar refractivity (Wildman–Crippen MR) is 74.0 cm³/mol. The minimum Gasteiger partial charge on any atom is -0.312 e. The van der Waals surface area contributed by atoms with Gasteiger partial charge in [-0.1, -0.05) is 27.7 Å². The lowest BCUT2D eigenvalue weighted by Gasteiger charge is -2.43. The first-order valence-electron chi connectivity index (χ1n) is 6.66. The van der Waals surface area contributed by atoms with Gasteiger partial charge in [-0.25, -0.2) is 0 Å². The molecule has 0 heterocycles. The van der Waals surface area contributed by atoms with Gasteiger partial charge in [-0.15, -0.1) is 0 Å². The van der Waals surface area contributed by atoms with Crippen molar-refractivity contribution in [1.29, 1.82) is 0 Å². The van der Waals surface area contributed by atoms with E-state index in [4.69, 9.17) is 0 Å². The van der Waals surface area contributed by atoms with Crippen LogP contribution >= 0.6 is 11.8 Å². The predicted octanol–water partition coefficient (Wildman–Crippen LogP) is 3.54. The maximum absolute atomic E-state index is 3.87. The van der Waals surface area contributed by atoms with E-state index in [1.807, 2.05) is 11.8 Å². The molecule has 94 valence electrons. The normalized spacial score (nSPS) is 42.6. The van der Waals surface area contributed by atoms with E-state index >= 15 is 0 Å². The Morgan fingerprint density at radius 1 is 1.38 bits per heavy atom. The molecule has 0 saturated heterocycles. The number of nitrogens with one attached hydrogen (secondary N) is 1. The maximum Gasteiger partial charge on any atom is 0.0175 e. The summed E-state index contributed by atoms with van der Waals surface area (Å²) in [4.78, 5) is 0. The molecule has 0 aromatic carbocycles. The van der Waals surface area contributed by atoms with Gasteiger partial charge < -0.3 is 5.32 Å². The van der Waals surface area contributed by atoms with Gasteiger partial charge in [-0.3, -0.25) is 0 Å². The Balaban J connectivity index is 2.02. The van der Waals surface area contributed by atoms with Crippen molar-refractivity contribution < 1.29 is 0 Å². The summed E-state index contributed by atoms with van der Waals surface area (Å²) in [6, 6.07) is 0.730. The van der Waals surface area contributed by atoms with E-state index < -0.39 is 0 Å². The summed E-state index contributed by atoms with van der Waals surface area (Å²) in [5, 5.41) is 4.61. The molecule has 0 amide bonds. The highest BCUT2D eigenvalue weighted by molar-refractivity contribution is 7.99. The molecule has 2 aliphatic carbocycles. The molecule has 16 heavy (non-hydrogen) atoms. The van der Waals surface area contributed by atoms with Crippen molar-refractivity contribution in [3.63, 3.8) is 0 Å². The van der Waals surface area contributed by atoms with Gasteiger partial charge in [0.1, 0.15) is 0 Å². The van der Waals surface area contributed by atoms with E-state index in [-0.39, 0.29) is 0 Å². The third-order valence-electron chi connectivity index (χ3n) is 5.28. The fourth-order valence-electron chi connectivity index (χ4n) is 4.18. The van der Waals surface area contributed by atoms with Crippen molar-refractivity contribution in [2.24, 2.45) is 16.7 Å². The molecule has 4 atom stereocenters. The van der Waals surface area contributed by atoms with Crippen LogP contribution in [0.15, 0.2) is 0 Å². The molecule has 0 spiro atoms. The second kappa shape index (κ2) is 4.20. The quantitative estimate of drug-likeness (QED) is 0.808. The summed E-state index contributed by atoms with van der Waals surface area (Å²) >= 11 is 1.96. The lowest BCUT2D eigenvalue weighted by Crippen LogP contribution is -2.51. The lowest BCUT2D eigenvalue weighted by atomic mass is 9.68. The standard InChI is InChI=1S/C14H27NS/c1-10(16-5)9-15-12-13(2,3)11-6-7-14(12,4)8-11/h10-12,15H,6-9H2,1-5H3. The van der Waals surface area contributed by atoms with Crippen molar-refractivity contribution in [2.75, 3.05) is 12.8 Å². The number of fused-ring (bicyclic) bond motifs is 2. The molecule has 0 aromatic heterocycles. The van der Waals surface area contributed by atoms with Crippen molar-refractivity contribution in [3.05, 3.63) is 0 Å². The third kappa shape index (κ3) is 1.92. The van der Waals surface area contributed by atoms with Crippen LogP contribution in [0.1, 0.15) is 47.0 Å². The Morgan fingerprint density at radius 2 is 2.06 bits per heavy atom. The molecular formula is C14H27NS. The van der Waals surface area contributed by atoms with Gasteiger partial charge in [0.25, 0.3) is 0 Å². The molecule has 0 aliphatic heterocycles. The van der Waals surface area contributed by atoms with Crippen LogP contribution < -0.4 is 5.32 Å². The summed E-state index contributed by atoms with van der Waals surface area (Å²) in [5.74, 6) is 0.958. The highest BCUT2D eigenvalue weighted by atomic mass is 32.2. The van der Waals surface area contributed by atoms with E-state index in [2.05, 4.69) is 39.3 Å². The number of thioether (sulfide) groups is 1. The first-order chi connectivity index (χ1) is 7.40.